The molecule has 0 aliphatic carbocycles. The number of hydrogen-bond acceptors (Lipinski definition) is 6. The number of ether oxygens (including phenoxy) is 1. The van der Waals surface area contributed by atoms with E-state index in [2.05, 4.69) is 14.8 Å². The van der Waals surface area contributed by atoms with Crippen LogP contribution in [0.5, 0.6) is 5.75 Å². The van der Waals surface area contributed by atoms with Gasteiger partial charge < -0.3 is 20.3 Å². The maximum atomic E-state index is 14.6. The smallest absolute Gasteiger partial charge is 0.299 e. The Kier molecular flexibility index (Phi) is 9.39. The van der Waals surface area contributed by atoms with Crippen molar-refractivity contribution >= 4 is 49.9 Å². The first-order valence-electron chi connectivity index (χ1n) is 9.34. The first-order chi connectivity index (χ1) is 15.0. The molecule has 0 saturated heterocycles. The molecule has 13 heteroatoms. The Bertz CT molecular complexity index is 1060. The minimum atomic E-state index is -4.33. The Morgan fingerprint density at radius 2 is 1.81 bits per heavy atom. The third kappa shape index (κ3) is 7.10. The Balaban J connectivity index is 2.38. The number of aliphatic hydroxyl groups excluding tert-OH is 2. The van der Waals surface area contributed by atoms with Gasteiger partial charge in [-0.1, -0.05) is 0 Å². The van der Waals surface area contributed by atoms with E-state index in [9.17, 15) is 26.7 Å². The summed E-state index contributed by atoms with van der Waals surface area (Å²) >= 11 is 1.87. The highest BCUT2D eigenvalue weighted by Gasteiger charge is 2.25. The van der Waals surface area contributed by atoms with Crippen molar-refractivity contribution in [2.45, 2.75) is 31.9 Å². The normalized spacial score (nSPS) is 13.5. The molecule has 32 heavy (non-hydrogen) atoms. The van der Waals surface area contributed by atoms with Crippen molar-refractivity contribution in [1.29, 1.82) is 0 Å². The highest BCUT2D eigenvalue weighted by atomic mass is 127. The van der Waals surface area contributed by atoms with Crippen molar-refractivity contribution in [3.05, 3.63) is 45.3 Å². The summed E-state index contributed by atoms with van der Waals surface area (Å²) in [7, 11) is -3.20. The molecular formula is C19H23F3IN3O5S. The van der Waals surface area contributed by atoms with Gasteiger partial charge in [0.05, 0.1) is 25.5 Å². The Morgan fingerprint density at radius 1 is 1.12 bits per heavy atom. The first-order valence-corrected chi connectivity index (χ1v) is 11.9. The molecule has 8 nitrogen and oxygen atoms in total. The molecule has 5 N–H and O–H groups in total. The summed E-state index contributed by atoms with van der Waals surface area (Å²) in [5, 5.41) is 20.6. The van der Waals surface area contributed by atoms with Gasteiger partial charge in [-0.2, -0.15) is 13.1 Å². The Hall–Kier alpha value is -1.81. The van der Waals surface area contributed by atoms with Gasteiger partial charge in [-0.25, -0.2) is 13.2 Å². The number of hydrogen-bond donors (Lipinski definition) is 5. The van der Waals surface area contributed by atoms with Crippen LogP contribution >= 0.6 is 22.6 Å². The van der Waals surface area contributed by atoms with Crippen molar-refractivity contribution in [2.24, 2.45) is 0 Å². The summed E-state index contributed by atoms with van der Waals surface area (Å²) in [6.07, 6.45) is -0.676. The molecular weight excluding hydrogens is 566 g/mol. The van der Waals surface area contributed by atoms with Crippen LogP contribution in [0.1, 0.15) is 19.8 Å². The topological polar surface area (TPSA) is 120 Å². The lowest BCUT2D eigenvalue weighted by Gasteiger charge is -2.21. The van der Waals surface area contributed by atoms with E-state index >= 15 is 0 Å². The van der Waals surface area contributed by atoms with Crippen LogP contribution in [0.25, 0.3) is 0 Å². The molecule has 0 spiro atoms. The fourth-order valence-electron chi connectivity index (χ4n) is 2.73. The molecule has 0 aliphatic rings. The summed E-state index contributed by atoms with van der Waals surface area (Å²) in [4.78, 5) is 0. The number of benzene rings is 2. The molecule has 0 amide bonds. The van der Waals surface area contributed by atoms with Crippen molar-refractivity contribution < 1.29 is 36.5 Å². The molecule has 2 unspecified atom stereocenters. The molecule has 2 atom stereocenters. The van der Waals surface area contributed by atoms with Crippen LogP contribution < -0.4 is 19.5 Å². The van der Waals surface area contributed by atoms with Gasteiger partial charge in [0.15, 0.2) is 11.6 Å². The SMILES string of the molecule is COc1cc(F)c(F)c(Nc2ccc(I)cc2F)c1NS(=O)(=O)NC(C)CCC(O)CO. The van der Waals surface area contributed by atoms with Gasteiger partial charge in [0.1, 0.15) is 22.9 Å². The molecule has 0 heterocycles. The van der Waals surface area contributed by atoms with E-state index < -0.39 is 57.8 Å². The van der Waals surface area contributed by atoms with Crippen LogP contribution in [0.4, 0.5) is 30.2 Å². The average molecular weight is 589 g/mol. The van der Waals surface area contributed by atoms with Gasteiger partial charge in [-0.3, -0.25) is 4.72 Å². The lowest BCUT2D eigenvalue weighted by molar-refractivity contribution is 0.0850. The van der Waals surface area contributed by atoms with Gasteiger partial charge in [0.25, 0.3) is 10.2 Å². The minimum Gasteiger partial charge on any atom is -0.494 e. The van der Waals surface area contributed by atoms with Gasteiger partial charge in [-0.05, 0) is 60.6 Å². The molecule has 2 rings (SSSR count). The monoisotopic (exact) mass is 589 g/mol. The lowest BCUT2D eigenvalue weighted by Crippen LogP contribution is -2.37. The highest BCUT2D eigenvalue weighted by Crippen LogP contribution is 2.39. The zero-order valence-corrected chi connectivity index (χ0v) is 20.1. The molecule has 0 radical (unpaired) electrons. The minimum absolute atomic E-state index is 0.133. The van der Waals surface area contributed by atoms with E-state index in [1.54, 1.807) is 0 Å². The Morgan fingerprint density at radius 3 is 2.41 bits per heavy atom. The van der Waals surface area contributed by atoms with Gasteiger partial charge in [-0.15, -0.1) is 0 Å². The number of nitrogens with one attached hydrogen (secondary N) is 3. The van der Waals surface area contributed by atoms with E-state index in [0.29, 0.717) is 9.64 Å². The molecule has 2 aromatic carbocycles. The Labute approximate surface area is 197 Å². The summed E-state index contributed by atoms with van der Waals surface area (Å²) in [5.74, 6) is -3.88. The van der Waals surface area contributed by atoms with Crippen LogP contribution in [0, 0.1) is 21.0 Å². The molecule has 0 fully saturated rings. The predicted octanol–water partition coefficient (Wildman–Crippen LogP) is 3.23. The van der Waals surface area contributed by atoms with Gasteiger partial charge >= 0.3 is 0 Å². The van der Waals surface area contributed by atoms with Crippen molar-refractivity contribution in [2.75, 3.05) is 23.8 Å². The summed E-state index contributed by atoms with van der Waals surface area (Å²) in [6, 6.07) is 3.96. The summed E-state index contributed by atoms with van der Waals surface area (Å²) in [5.41, 5.74) is -1.35. The molecule has 178 valence electrons. The molecule has 2 aromatic rings. The second-order valence-electron chi connectivity index (χ2n) is 6.91. The number of anilines is 3. The van der Waals surface area contributed by atoms with E-state index in [0.717, 1.165) is 13.2 Å². The van der Waals surface area contributed by atoms with Crippen LogP contribution in [0.15, 0.2) is 24.3 Å². The fourth-order valence-corrected chi connectivity index (χ4v) is 4.36. The summed E-state index contributed by atoms with van der Waals surface area (Å²) in [6.45, 7) is 1.06. The first kappa shape index (κ1) is 26.4. The predicted molar refractivity (Wildman–Crippen MR) is 123 cm³/mol. The lowest BCUT2D eigenvalue weighted by atomic mass is 10.1. The number of aliphatic hydroxyl groups is 2. The number of methoxy groups -OCH3 is 1. The van der Waals surface area contributed by atoms with Crippen LogP contribution in [-0.2, 0) is 10.2 Å². The van der Waals surface area contributed by atoms with Crippen molar-refractivity contribution in [3.63, 3.8) is 0 Å². The maximum absolute atomic E-state index is 14.6. The third-order valence-electron chi connectivity index (χ3n) is 4.33. The van der Waals surface area contributed by atoms with Crippen LogP contribution in [-0.4, -0.2) is 44.5 Å². The maximum Gasteiger partial charge on any atom is 0.299 e. The quantitative estimate of drug-likeness (QED) is 0.257. The zero-order valence-electron chi connectivity index (χ0n) is 17.1. The number of halogens is 4. The van der Waals surface area contributed by atoms with E-state index in [4.69, 9.17) is 9.84 Å². The van der Waals surface area contributed by atoms with E-state index in [1.807, 2.05) is 22.6 Å². The van der Waals surface area contributed by atoms with Crippen molar-refractivity contribution in [3.8, 4) is 5.75 Å². The highest BCUT2D eigenvalue weighted by molar-refractivity contribution is 14.1. The molecule has 0 saturated carbocycles. The second-order valence-corrected chi connectivity index (χ2v) is 9.60. The second kappa shape index (κ2) is 11.4. The van der Waals surface area contributed by atoms with Gasteiger partial charge in [0.2, 0.25) is 0 Å². The van der Waals surface area contributed by atoms with E-state index in [1.165, 1.54) is 19.1 Å². The van der Waals surface area contributed by atoms with Gasteiger partial charge in [0, 0.05) is 15.7 Å². The standard InChI is InChI=1S/C19H23F3IN3O5S/c1-10(3-5-12(28)9-27)25-32(29,30)26-18-16(31-2)8-14(21)17(22)19(18)24-15-6-4-11(23)7-13(15)20/h4,6-8,10,12,24-28H,3,5,9H2,1-2H3. The summed E-state index contributed by atoms with van der Waals surface area (Å²) < 4.78 is 78.1. The molecule has 0 aromatic heterocycles. The van der Waals surface area contributed by atoms with Crippen LogP contribution in [0.3, 0.4) is 0 Å². The van der Waals surface area contributed by atoms with E-state index in [-0.39, 0.29) is 24.3 Å². The number of rotatable bonds is 11. The fraction of sp³-hybridized carbons (Fsp3) is 0.368. The molecule has 0 aliphatic heterocycles. The third-order valence-corrected chi connectivity index (χ3v) is 6.19. The largest absolute Gasteiger partial charge is 0.494 e. The van der Waals surface area contributed by atoms with Crippen LogP contribution in [0.2, 0.25) is 0 Å². The zero-order chi connectivity index (χ0) is 24.1. The van der Waals surface area contributed by atoms with Crippen molar-refractivity contribution in [1.82, 2.24) is 4.72 Å². The average Bonchev–Trinajstić information content (AvgIpc) is 2.72. The molecule has 0 bridgehead atoms.